The lowest BCUT2D eigenvalue weighted by Crippen LogP contribution is -2.69. The Morgan fingerprint density at radius 1 is 1.50 bits per heavy atom. The molecule has 0 aliphatic heterocycles. The minimum Gasteiger partial charge on any atom is -0.466 e. The molecule has 1 saturated carbocycles. The van der Waals surface area contributed by atoms with E-state index in [1.807, 2.05) is 6.92 Å². The number of guanidine groups is 1. The zero-order valence-electron chi connectivity index (χ0n) is 15.6. The van der Waals surface area contributed by atoms with E-state index in [2.05, 4.69) is 36.4 Å². The van der Waals surface area contributed by atoms with Gasteiger partial charge in [0.1, 0.15) is 11.4 Å². The van der Waals surface area contributed by atoms with Gasteiger partial charge in [-0.3, -0.25) is 0 Å². The Labute approximate surface area is 144 Å². The second-order valence-corrected chi connectivity index (χ2v) is 7.50. The Hall–Kier alpha value is -1.53. The van der Waals surface area contributed by atoms with Gasteiger partial charge in [0.2, 0.25) is 0 Å². The first-order valence-electron chi connectivity index (χ1n) is 8.52. The van der Waals surface area contributed by atoms with Gasteiger partial charge in [0, 0.05) is 25.1 Å². The van der Waals surface area contributed by atoms with Crippen molar-refractivity contribution >= 4 is 5.96 Å². The molecule has 0 radical (unpaired) electrons. The highest BCUT2D eigenvalue weighted by Crippen LogP contribution is 2.51. The van der Waals surface area contributed by atoms with Crippen molar-refractivity contribution in [2.75, 3.05) is 20.2 Å². The van der Waals surface area contributed by atoms with Gasteiger partial charge in [0.05, 0.1) is 18.4 Å². The van der Waals surface area contributed by atoms with Crippen molar-refractivity contribution in [1.29, 1.82) is 0 Å². The summed E-state index contributed by atoms with van der Waals surface area (Å²) in [5, 5.41) is 17.3. The summed E-state index contributed by atoms with van der Waals surface area (Å²) in [6.45, 7) is 11.2. The first-order chi connectivity index (χ1) is 11.2. The lowest BCUT2D eigenvalue weighted by atomic mass is 9.56. The average molecular weight is 337 g/mol. The molecule has 1 fully saturated rings. The Morgan fingerprint density at radius 2 is 2.21 bits per heavy atom. The Bertz CT molecular complexity index is 566. The minimum atomic E-state index is -1.14. The van der Waals surface area contributed by atoms with Crippen LogP contribution in [0.25, 0.3) is 0 Å². The van der Waals surface area contributed by atoms with Gasteiger partial charge in [-0.05, 0) is 39.3 Å². The van der Waals surface area contributed by atoms with Crippen LogP contribution in [0.4, 0.5) is 0 Å². The molecule has 6 heteroatoms. The Morgan fingerprint density at radius 3 is 2.71 bits per heavy atom. The quantitative estimate of drug-likeness (QED) is 0.548. The molecule has 0 amide bonds. The molecule has 1 aromatic rings. The molecule has 1 heterocycles. The summed E-state index contributed by atoms with van der Waals surface area (Å²) in [7, 11) is 1.76. The summed E-state index contributed by atoms with van der Waals surface area (Å²) in [6.07, 6.45) is 2.47. The maximum Gasteiger partial charge on any atom is 0.191 e. The van der Waals surface area contributed by atoms with Gasteiger partial charge in [0.15, 0.2) is 5.96 Å². The van der Waals surface area contributed by atoms with Crippen molar-refractivity contribution < 1.29 is 14.3 Å². The average Bonchev–Trinajstić information content (AvgIpc) is 3.07. The number of ether oxygens (including phenoxy) is 1. The molecule has 2 rings (SSSR count). The van der Waals surface area contributed by atoms with E-state index >= 15 is 0 Å². The topological polar surface area (TPSA) is 79.0 Å². The lowest BCUT2D eigenvalue weighted by Gasteiger charge is -2.59. The van der Waals surface area contributed by atoms with E-state index in [0.29, 0.717) is 11.7 Å². The highest BCUT2D eigenvalue weighted by Gasteiger charge is 2.58. The van der Waals surface area contributed by atoms with Crippen LogP contribution < -0.4 is 10.6 Å². The van der Waals surface area contributed by atoms with Crippen LogP contribution in [0.3, 0.4) is 0 Å². The molecule has 1 aliphatic carbocycles. The fraction of sp³-hybridized carbons (Fsp3) is 0.722. The molecule has 3 N–H and O–H groups in total. The molecule has 0 bridgehead atoms. The number of hydrogen-bond acceptors (Lipinski definition) is 4. The van der Waals surface area contributed by atoms with E-state index in [9.17, 15) is 5.11 Å². The van der Waals surface area contributed by atoms with Gasteiger partial charge < -0.3 is 24.9 Å². The number of nitrogens with zero attached hydrogens (tertiary/aromatic N) is 1. The second kappa shape index (κ2) is 6.76. The summed E-state index contributed by atoms with van der Waals surface area (Å²) in [6, 6.07) is 3.78. The standard InChI is InChI=1S/C18H31N3O3/c1-7-19-15(20-12-17(4,22)14-9-8-10-24-14)21-13-11-18(5,23-6)16(13,2)3/h8-10,13,22H,7,11-12H2,1-6H3,(H2,19,20,21). The molecule has 6 nitrogen and oxygen atoms in total. The van der Waals surface area contributed by atoms with Gasteiger partial charge in [-0.25, -0.2) is 4.99 Å². The number of methoxy groups -OCH3 is 1. The van der Waals surface area contributed by atoms with Crippen molar-refractivity contribution in [3.05, 3.63) is 24.2 Å². The third-order valence-electron chi connectivity index (χ3n) is 5.53. The monoisotopic (exact) mass is 337 g/mol. The van der Waals surface area contributed by atoms with Gasteiger partial charge in [-0.1, -0.05) is 13.8 Å². The highest BCUT2D eigenvalue weighted by atomic mass is 16.5. The van der Waals surface area contributed by atoms with Crippen LogP contribution in [-0.2, 0) is 10.3 Å². The fourth-order valence-corrected chi connectivity index (χ4v) is 3.10. The van der Waals surface area contributed by atoms with Crippen LogP contribution in [0.2, 0.25) is 0 Å². The summed E-state index contributed by atoms with van der Waals surface area (Å²) in [5.74, 6) is 1.21. The number of furan rings is 1. The molecule has 0 saturated heterocycles. The Kier molecular flexibility index (Phi) is 5.30. The van der Waals surface area contributed by atoms with E-state index in [-0.39, 0.29) is 23.6 Å². The van der Waals surface area contributed by atoms with Crippen molar-refractivity contribution in [2.24, 2.45) is 10.4 Å². The third kappa shape index (κ3) is 3.44. The summed E-state index contributed by atoms with van der Waals surface area (Å²) in [5.41, 5.74) is -1.29. The van der Waals surface area contributed by atoms with Gasteiger partial charge in [-0.15, -0.1) is 0 Å². The maximum absolute atomic E-state index is 10.5. The minimum absolute atomic E-state index is 0.0124. The van der Waals surface area contributed by atoms with Crippen molar-refractivity contribution in [2.45, 2.75) is 58.3 Å². The predicted molar refractivity (Wildman–Crippen MR) is 95.0 cm³/mol. The largest absolute Gasteiger partial charge is 0.466 e. The molecule has 3 unspecified atom stereocenters. The van der Waals surface area contributed by atoms with Crippen molar-refractivity contribution in [1.82, 2.24) is 10.6 Å². The van der Waals surface area contributed by atoms with E-state index < -0.39 is 5.60 Å². The predicted octanol–water partition coefficient (Wildman–Crippen LogP) is 2.25. The maximum atomic E-state index is 10.5. The van der Waals surface area contributed by atoms with Crippen LogP contribution >= 0.6 is 0 Å². The lowest BCUT2D eigenvalue weighted by molar-refractivity contribution is -0.176. The van der Waals surface area contributed by atoms with E-state index in [0.717, 1.165) is 13.0 Å². The second-order valence-electron chi connectivity index (χ2n) is 7.50. The molecule has 3 atom stereocenters. The number of rotatable bonds is 6. The summed E-state index contributed by atoms with van der Waals surface area (Å²) >= 11 is 0. The zero-order valence-corrected chi connectivity index (χ0v) is 15.6. The third-order valence-corrected chi connectivity index (χ3v) is 5.53. The van der Waals surface area contributed by atoms with Crippen LogP contribution in [0.1, 0.15) is 46.8 Å². The zero-order chi connectivity index (χ0) is 18.0. The number of aliphatic imine (C=N–C) groups is 1. The van der Waals surface area contributed by atoms with E-state index in [4.69, 9.17) is 9.15 Å². The molecular formula is C18H31N3O3. The number of nitrogens with one attached hydrogen (secondary N) is 2. The molecular weight excluding hydrogens is 306 g/mol. The smallest absolute Gasteiger partial charge is 0.191 e. The molecule has 136 valence electrons. The Balaban J connectivity index is 2.05. The first-order valence-corrected chi connectivity index (χ1v) is 8.52. The fourth-order valence-electron chi connectivity index (χ4n) is 3.10. The molecule has 0 aromatic carbocycles. The van der Waals surface area contributed by atoms with E-state index in [1.165, 1.54) is 0 Å². The highest BCUT2D eigenvalue weighted by molar-refractivity contribution is 5.80. The normalized spacial score (nSPS) is 28.8. The number of hydrogen-bond donors (Lipinski definition) is 3. The van der Waals surface area contributed by atoms with Crippen molar-refractivity contribution in [3.8, 4) is 0 Å². The SMILES string of the molecule is CCNC(=NCC(C)(O)c1ccco1)NC1CC(C)(OC)C1(C)C. The van der Waals surface area contributed by atoms with Crippen molar-refractivity contribution in [3.63, 3.8) is 0 Å². The first kappa shape index (κ1) is 18.8. The summed E-state index contributed by atoms with van der Waals surface area (Å²) < 4.78 is 11.0. The molecule has 1 aromatic heterocycles. The molecule has 1 aliphatic rings. The van der Waals surface area contributed by atoms with Crippen LogP contribution in [-0.4, -0.2) is 42.9 Å². The van der Waals surface area contributed by atoms with Gasteiger partial charge in [0.25, 0.3) is 0 Å². The molecule has 0 spiro atoms. The summed E-state index contributed by atoms with van der Waals surface area (Å²) in [4.78, 5) is 4.55. The van der Waals surface area contributed by atoms with Gasteiger partial charge >= 0.3 is 0 Å². The van der Waals surface area contributed by atoms with Crippen LogP contribution in [0.5, 0.6) is 0 Å². The van der Waals surface area contributed by atoms with E-state index in [1.54, 1.807) is 32.4 Å². The molecule has 24 heavy (non-hydrogen) atoms. The van der Waals surface area contributed by atoms with Crippen LogP contribution in [0, 0.1) is 5.41 Å². The number of aliphatic hydroxyl groups is 1. The van der Waals surface area contributed by atoms with Crippen LogP contribution in [0.15, 0.2) is 27.8 Å². The van der Waals surface area contributed by atoms with Gasteiger partial charge in [-0.2, -0.15) is 0 Å².